The van der Waals surface area contributed by atoms with Crippen molar-refractivity contribution in [1.29, 1.82) is 0 Å². The number of rotatable bonds is 3. The first kappa shape index (κ1) is 11.4. The lowest BCUT2D eigenvalue weighted by atomic mass is 9.76. The van der Waals surface area contributed by atoms with E-state index in [1.54, 1.807) is 0 Å². The third-order valence-electron chi connectivity index (χ3n) is 3.72. The van der Waals surface area contributed by atoms with Crippen LogP contribution in [0.2, 0.25) is 0 Å². The van der Waals surface area contributed by atoms with Crippen molar-refractivity contribution in [2.45, 2.75) is 51.0 Å². The van der Waals surface area contributed by atoms with Crippen LogP contribution in [0.25, 0.3) is 0 Å². The molecule has 0 aromatic heterocycles. The van der Waals surface area contributed by atoms with Gasteiger partial charge in [-0.3, -0.25) is 4.79 Å². The van der Waals surface area contributed by atoms with Gasteiger partial charge < -0.3 is 10.4 Å². The Morgan fingerprint density at radius 3 is 2.50 bits per heavy atom. The van der Waals surface area contributed by atoms with Crippen LogP contribution in [0.3, 0.4) is 0 Å². The van der Waals surface area contributed by atoms with Crippen LogP contribution >= 0.6 is 0 Å². The molecule has 0 radical (unpaired) electrons. The molecule has 2 aliphatic carbocycles. The molecule has 2 atom stereocenters. The highest BCUT2D eigenvalue weighted by Gasteiger charge is 2.45. The van der Waals surface area contributed by atoms with Crippen molar-refractivity contribution in [3.05, 3.63) is 0 Å². The molecule has 1 amide bonds. The molecular weight excluding hydrogens is 206 g/mol. The minimum Gasteiger partial charge on any atom is -0.480 e. The largest absolute Gasteiger partial charge is 0.480 e. The third-order valence-corrected chi connectivity index (χ3v) is 3.72. The molecule has 2 fully saturated rings. The van der Waals surface area contributed by atoms with Crippen molar-refractivity contribution in [1.82, 2.24) is 5.32 Å². The van der Waals surface area contributed by atoms with Crippen molar-refractivity contribution < 1.29 is 14.7 Å². The summed E-state index contributed by atoms with van der Waals surface area (Å²) in [5.41, 5.74) is -0.989. The second-order valence-corrected chi connectivity index (χ2v) is 5.35. The normalized spacial score (nSPS) is 34.4. The number of hydrogen-bond acceptors (Lipinski definition) is 2. The Morgan fingerprint density at radius 2 is 2.00 bits per heavy atom. The summed E-state index contributed by atoms with van der Waals surface area (Å²) in [7, 11) is 0. The lowest BCUT2D eigenvalue weighted by Gasteiger charge is -2.37. The Labute approximate surface area is 95.4 Å². The Bertz CT molecular complexity index is 309. The van der Waals surface area contributed by atoms with E-state index in [0.29, 0.717) is 18.8 Å². The fourth-order valence-electron chi connectivity index (χ4n) is 2.60. The summed E-state index contributed by atoms with van der Waals surface area (Å²) >= 11 is 0. The molecule has 2 rings (SSSR count). The lowest BCUT2D eigenvalue weighted by Crippen LogP contribution is -2.57. The smallest absolute Gasteiger partial charge is 0.329 e. The van der Waals surface area contributed by atoms with Crippen molar-refractivity contribution in [2.75, 3.05) is 0 Å². The summed E-state index contributed by atoms with van der Waals surface area (Å²) in [6.07, 6.45) is 4.92. The van der Waals surface area contributed by atoms with Gasteiger partial charge in [0, 0.05) is 5.92 Å². The first-order chi connectivity index (χ1) is 7.53. The minimum absolute atomic E-state index is 0.0588. The number of aliphatic carboxylic acids is 1. The molecule has 4 heteroatoms. The number of nitrogens with one attached hydrogen (secondary N) is 1. The summed E-state index contributed by atoms with van der Waals surface area (Å²) in [6.45, 7) is 2.06. The Morgan fingerprint density at radius 1 is 1.31 bits per heavy atom. The highest BCUT2D eigenvalue weighted by Crippen LogP contribution is 2.35. The van der Waals surface area contributed by atoms with E-state index in [2.05, 4.69) is 12.2 Å². The van der Waals surface area contributed by atoms with Gasteiger partial charge in [-0.2, -0.15) is 0 Å². The van der Waals surface area contributed by atoms with Gasteiger partial charge in [-0.15, -0.1) is 0 Å². The second kappa shape index (κ2) is 4.07. The quantitative estimate of drug-likeness (QED) is 0.765. The summed E-state index contributed by atoms with van der Waals surface area (Å²) in [5, 5.41) is 12.1. The summed E-state index contributed by atoms with van der Waals surface area (Å²) in [4.78, 5) is 23.1. The van der Waals surface area contributed by atoms with Crippen LogP contribution < -0.4 is 5.32 Å². The van der Waals surface area contributed by atoms with E-state index < -0.39 is 11.5 Å². The number of hydrogen-bond donors (Lipinski definition) is 2. The first-order valence-corrected chi connectivity index (χ1v) is 6.09. The molecule has 0 spiro atoms. The highest BCUT2D eigenvalue weighted by molar-refractivity contribution is 5.89. The highest BCUT2D eigenvalue weighted by atomic mass is 16.4. The molecule has 0 heterocycles. The third kappa shape index (κ3) is 2.20. The van der Waals surface area contributed by atoms with Gasteiger partial charge in [-0.1, -0.05) is 19.8 Å². The van der Waals surface area contributed by atoms with Gasteiger partial charge in [0.2, 0.25) is 5.91 Å². The van der Waals surface area contributed by atoms with E-state index in [1.807, 2.05) is 0 Å². The van der Waals surface area contributed by atoms with Crippen molar-refractivity contribution in [3.63, 3.8) is 0 Å². The van der Waals surface area contributed by atoms with Crippen LogP contribution in [0.15, 0.2) is 0 Å². The van der Waals surface area contributed by atoms with Crippen molar-refractivity contribution in [2.24, 2.45) is 11.8 Å². The van der Waals surface area contributed by atoms with Gasteiger partial charge in [0.25, 0.3) is 0 Å². The van der Waals surface area contributed by atoms with Gasteiger partial charge in [0.05, 0.1) is 0 Å². The number of carbonyl (C=O) groups is 2. The van der Waals surface area contributed by atoms with Crippen LogP contribution in [-0.4, -0.2) is 22.5 Å². The molecule has 2 aliphatic rings. The predicted octanol–water partition coefficient (Wildman–Crippen LogP) is 1.55. The zero-order valence-electron chi connectivity index (χ0n) is 9.66. The molecule has 2 saturated carbocycles. The average molecular weight is 225 g/mol. The molecule has 0 aromatic rings. The van der Waals surface area contributed by atoms with E-state index >= 15 is 0 Å². The summed E-state index contributed by atoms with van der Waals surface area (Å²) in [6, 6.07) is 0. The maximum atomic E-state index is 11.7. The van der Waals surface area contributed by atoms with E-state index in [4.69, 9.17) is 0 Å². The van der Waals surface area contributed by atoms with Gasteiger partial charge in [0.1, 0.15) is 5.54 Å². The number of carboxylic acids is 1. The molecule has 0 saturated heterocycles. The fourth-order valence-corrected chi connectivity index (χ4v) is 2.60. The van der Waals surface area contributed by atoms with Crippen LogP contribution in [0.1, 0.15) is 45.4 Å². The topological polar surface area (TPSA) is 66.4 Å². The van der Waals surface area contributed by atoms with Crippen molar-refractivity contribution in [3.8, 4) is 0 Å². The molecule has 16 heavy (non-hydrogen) atoms. The predicted molar refractivity (Wildman–Crippen MR) is 58.9 cm³/mol. The molecule has 90 valence electrons. The zero-order chi connectivity index (χ0) is 11.8. The van der Waals surface area contributed by atoms with Crippen LogP contribution in [0.5, 0.6) is 0 Å². The van der Waals surface area contributed by atoms with Crippen LogP contribution in [0, 0.1) is 11.8 Å². The summed E-state index contributed by atoms with van der Waals surface area (Å²) in [5.74, 6) is -0.470. The standard InChI is InChI=1S/C12H19NO3/c1-8-3-2-6-12(7-8,11(15)16)13-10(14)9-4-5-9/h8-9H,2-7H2,1H3,(H,13,14)(H,15,16). The molecule has 0 aromatic carbocycles. The number of amides is 1. The Balaban J connectivity index is 2.07. The molecule has 0 aliphatic heterocycles. The van der Waals surface area contributed by atoms with Gasteiger partial charge >= 0.3 is 5.97 Å². The lowest BCUT2D eigenvalue weighted by molar-refractivity contribution is -0.150. The van der Waals surface area contributed by atoms with Crippen LogP contribution in [-0.2, 0) is 9.59 Å². The van der Waals surface area contributed by atoms with E-state index in [0.717, 1.165) is 25.7 Å². The maximum absolute atomic E-state index is 11.7. The average Bonchev–Trinajstić information content (AvgIpc) is 3.00. The SMILES string of the molecule is CC1CCCC(NC(=O)C2CC2)(C(=O)O)C1. The van der Waals surface area contributed by atoms with Crippen molar-refractivity contribution >= 4 is 11.9 Å². The molecule has 0 bridgehead atoms. The fraction of sp³-hybridized carbons (Fsp3) is 0.833. The zero-order valence-corrected chi connectivity index (χ0v) is 9.66. The minimum atomic E-state index is -0.989. The molecular formula is C12H19NO3. The molecule has 2 N–H and O–H groups in total. The first-order valence-electron chi connectivity index (χ1n) is 6.09. The Kier molecular flexibility index (Phi) is 2.91. The van der Waals surface area contributed by atoms with E-state index in [1.165, 1.54) is 0 Å². The van der Waals surface area contributed by atoms with Gasteiger partial charge in [-0.05, 0) is 31.6 Å². The summed E-state index contributed by atoms with van der Waals surface area (Å²) < 4.78 is 0. The molecule has 4 nitrogen and oxygen atoms in total. The maximum Gasteiger partial charge on any atom is 0.329 e. The molecule has 2 unspecified atom stereocenters. The monoisotopic (exact) mass is 225 g/mol. The Hall–Kier alpha value is -1.06. The number of carbonyl (C=O) groups excluding carboxylic acids is 1. The van der Waals surface area contributed by atoms with Crippen LogP contribution in [0.4, 0.5) is 0 Å². The number of carboxylic acid groups (broad SMARTS) is 1. The second-order valence-electron chi connectivity index (χ2n) is 5.35. The van der Waals surface area contributed by atoms with Gasteiger partial charge in [0.15, 0.2) is 0 Å². The van der Waals surface area contributed by atoms with E-state index in [9.17, 15) is 14.7 Å². The van der Waals surface area contributed by atoms with E-state index in [-0.39, 0.29) is 11.8 Å². The van der Waals surface area contributed by atoms with Gasteiger partial charge in [-0.25, -0.2) is 4.79 Å².